The number of urea groups is 1. The second-order valence-electron chi connectivity index (χ2n) is 24.1. The first-order valence-corrected chi connectivity index (χ1v) is 30.7. The number of hydrogen-bond acceptors (Lipinski definition) is 16. The summed E-state index contributed by atoms with van der Waals surface area (Å²) in [6.45, 7) is 15.1. The molecule has 87 heavy (non-hydrogen) atoms. The molecular weight excluding hydrogens is 1140 g/mol. The summed E-state index contributed by atoms with van der Waals surface area (Å²) in [6, 6.07) is 10.2. The van der Waals surface area contributed by atoms with E-state index in [-0.39, 0.29) is 92.0 Å². The molecule has 21 nitrogen and oxygen atoms in total. The molecule has 1 unspecified atom stereocenters. The van der Waals surface area contributed by atoms with Gasteiger partial charge in [0.25, 0.3) is 0 Å². The van der Waals surface area contributed by atoms with E-state index in [9.17, 15) is 43.5 Å². The molecule has 22 heteroatoms. The van der Waals surface area contributed by atoms with Crippen LogP contribution in [-0.2, 0) is 65.3 Å². The number of primary amides is 1. The molecular formula is C65H89ClN6O15. The van der Waals surface area contributed by atoms with Crippen molar-refractivity contribution in [2.45, 2.75) is 193 Å². The molecule has 0 aliphatic carbocycles. The summed E-state index contributed by atoms with van der Waals surface area (Å²) in [5.74, 6) is -3.45. The largest absolute Gasteiger partial charge is 0.495 e. The van der Waals surface area contributed by atoms with Gasteiger partial charge in [-0.05, 0) is 120 Å². The highest BCUT2D eigenvalue weighted by Crippen LogP contribution is 2.50. The molecule has 4 heterocycles. The number of unbranched alkanes of at least 4 members (excludes halogenated alkanes) is 1. The molecule has 0 spiro atoms. The quantitative estimate of drug-likeness (QED) is 0.0228. The van der Waals surface area contributed by atoms with Gasteiger partial charge in [-0.15, -0.1) is 0 Å². The number of pyridine rings is 1. The maximum Gasteiger partial charge on any atom is 0.412 e. The Morgan fingerprint density at radius 3 is 2.40 bits per heavy atom. The van der Waals surface area contributed by atoms with Gasteiger partial charge >= 0.3 is 24.1 Å². The smallest absolute Gasteiger partial charge is 0.412 e. The predicted molar refractivity (Wildman–Crippen MR) is 329 cm³/mol. The number of aromatic nitrogens is 1. The first kappa shape index (κ1) is 69.2. The molecule has 1 aromatic heterocycles. The zero-order valence-corrected chi connectivity index (χ0v) is 52.9. The zero-order valence-electron chi connectivity index (χ0n) is 52.2. The monoisotopic (exact) mass is 1230 g/mol. The number of benzene rings is 2. The maximum atomic E-state index is 14.5. The first-order valence-electron chi connectivity index (χ1n) is 30.3. The van der Waals surface area contributed by atoms with Crippen LogP contribution in [0, 0.1) is 23.7 Å². The number of methoxy groups -OCH3 is 2. The highest BCUT2D eigenvalue weighted by Gasteiger charge is 2.64. The van der Waals surface area contributed by atoms with Crippen LogP contribution in [0.3, 0.4) is 0 Å². The standard InChI is InChI=1S/C65H89ClN6O15/c1-12-42(13-2)61(78)84-39(6)19-14-15-20-46(73)33-47(37(3)4)60(77)71-49(21-17-27-68-62(67)79)51(74)32-45-24-23-43-31-44(25-26-48(43)69-45)70-63(80)86-55-34-56(75)72(9)50-29-41(30-52(82-10)58(50)66)28-38(5)18-16-22-54(83-11)65(81)35-53(85-57(76)36-65)40(7)59-64(55,8)87-59/h16,18,22-26,29-31,37,39-40,42,47,49,53-55,59,81H,12-15,17,19-21,27-28,32-36H2,1-11H3,(H,70,80)(H,71,77)(H3,67,68,79)/b22-16+,38-18+/t39?,40-,47+,49+,53+,54-,55+,59+,64+,65-/m1/s1. The molecule has 6 rings (SSSR count). The van der Waals surface area contributed by atoms with Crippen LogP contribution >= 0.6 is 11.6 Å². The van der Waals surface area contributed by atoms with E-state index in [4.69, 9.17) is 50.7 Å². The van der Waals surface area contributed by atoms with Crippen LogP contribution in [0.25, 0.3) is 10.9 Å². The Bertz CT molecular complexity index is 3040. The normalized spacial score (nSPS) is 24.3. The highest BCUT2D eigenvalue weighted by molar-refractivity contribution is 6.35. The number of rotatable bonds is 25. The third-order valence-electron chi connectivity index (χ3n) is 17.0. The summed E-state index contributed by atoms with van der Waals surface area (Å²) in [5, 5.41) is 21.0. The number of esters is 2. The van der Waals surface area contributed by atoms with Crippen LogP contribution in [0.1, 0.15) is 144 Å². The number of nitrogens with one attached hydrogen (secondary N) is 3. The van der Waals surface area contributed by atoms with E-state index in [1.54, 1.807) is 75.5 Å². The average Bonchev–Trinajstić information content (AvgIpc) is 1.62. The molecule has 10 atom stereocenters. The van der Waals surface area contributed by atoms with E-state index in [0.29, 0.717) is 78.7 Å². The fourth-order valence-corrected chi connectivity index (χ4v) is 11.9. The van der Waals surface area contributed by atoms with E-state index in [1.165, 1.54) is 19.1 Å². The van der Waals surface area contributed by atoms with Crippen LogP contribution in [0.4, 0.5) is 21.0 Å². The van der Waals surface area contributed by atoms with Crippen molar-refractivity contribution in [1.29, 1.82) is 0 Å². The van der Waals surface area contributed by atoms with Crippen LogP contribution in [0.2, 0.25) is 5.02 Å². The summed E-state index contributed by atoms with van der Waals surface area (Å²) < 4.78 is 35.4. The van der Waals surface area contributed by atoms with E-state index < -0.39 is 83.4 Å². The summed E-state index contributed by atoms with van der Waals surface area (Å²) in [4.78, 5) is 113. The lowest BCUT2D eigenvalue weighted by Gasteiger charge is -2.41. The number of carbonyl (C=O) groups is 8. The van der Waals surface area contributed by atoms with Crippen LogP contribution < -0.4 is 31.3 Å². The molecule has 0 radical (unpaired) electrons. The number of ether oxygens (including phenoxy) is 6. The summed E-state index contributed by atoms with van der Waals surface area (Å²) in [7, 11) is 4.50. The van der Waals surface area contributed by atoms with Gasteiger partial charge in [0, 0.05) is 68.6 Å². The van der Waals surface area contributed by atoms with Gasteiger partial charge in [-0.2, -0.15) is 0 Å². The van der Waals surface area contributed by atoms with E-state index >= 15 is 0 Å². The lowest BCUT2D eigenvalue weighted by molar-refractivity contribution is -0.187. The van der Waals surface area contributed by atoms with E-state index in [0.717, 1.165) is 11.1 Å². The summed E-state index contributed by atoms with van der Waals surface area (Å²) in [5.41, 5.74) is 5.63. The number of nitrogens with two attached hydrogens (primary N) is 1. The number of fused-ring (bicyclic) bond motifs is 6. The molecule has 5 amide bonds. The van der Waals surface area contributed by atoms with Crippen molar-refractivity contribution in [3.63, 3.8) is 0 Å². The van der Waals surface area contributed by atoms with Gasteiger partial charge in [0.15, 0.2) is 5.78 Å². The first-order chi connectivity index (χ1) is 41.2. The maximum absolute atomic E-state index is 14.5. The van der Waals surface area contributed by atoms with Crippen molar-refractivity contribution in [2.24, 2.45) is 29.4 Å². The van der Waals surface area contributed by atoms with Gasteiger partial charge in [0.2, 0.25) is 11.8 Å². The summed E-state index contributed by atoms with van der Waals surface area (Å²) >= 11 is 6.86. The molecule has 3 aliphatic heterocycles. The minimum atomic E-state index is -1.64. The average molecular weight is 1230 g/mol. The topological polar surface area (TPSA) is 294 Å². The van der Waals surface area contributed by atoms with Crippen LogP contribution in [0.5, 0.6) is 5.75 Å². The lowest BCUT2D eigenvalue weighted by Crippen LogP contribution is -2.53. The predicted octanol–water partition coefficient (Wildman–Crippen LogP) is 9.38. The molecule has 476 valence electrons. The Kier molecular flexibility index (Phi) is 24.9. The number of aliphatic hydroxyl groups is 1. The number of amides is 5. The van der Waals surface area contributed by atoms with E-state index in [1.807, 2.05) is 47.6 Å². The van der Waals surface area contributed by atoms with Crippen molar-refractivity contribution < 1.29 is 71.9 Å². The number of hydrogen-bond donors (Lipinski definition) is 5. The summed E-state index contributed by atoms with van der Waals surface area (Å²) in [6.07, 6.45) is 4.10. The Balaban J connectivity index is 1.15. The Labute approximate surface area is 515 Å². The minimum absolute atomic E-state index is 0.0115. The second-order valence-corrected chi connectivity index (χ2v) is 24.5. The van der Waals surface area contributed by atoms with E-state index in [2.05, 4.69) is 16.0 Å². The van der Waals surface area contributed by atoms with Crippen LogP contribution in [0.15, 0.2) is 66.3 Å². The fraction of sp³-hybridized carbons (Fsp3) is 0.585. The van der Waals surface area contributed by atoms with Crippen molar-refractivity contribution in [3.05, 3.63) is 82.5 Å². The molecule has 2 fully saturated rings. The number of nitrogens with zero attached hydrogens (tertiary/aromatic N) is 2. The number of ketones is 2. The third kappa shape index (κ3) is 18.8. The molecule has 0 saturated carbocycles. The molecule has 6 N–H and O–H groups in total. The van der Waals surface area contributed by atoms with Gasteiger partial charge in [-0.1, -0.05) is 76.1 Å². The van der Waals surface area contributed by atoms with Gasteiger partial charge in [0.1, 0.15) is 46.1 Å². The second kappa shape index (κ2) is 31.3. The molecule has 3 aromatic rings. The van der Waals surface area contributed by atoms with Crippen molar-refractivity contribution >= 4 is 81.3 Å². The Morgan fingerprint density at radius 2 is 1.72 bits per heavy atom. The molecule has 2 saturated heterocycles. The van der Waals surface area contributed by atoms with Gasteiger partial charge in [0.05, 0.1) is 61.7 Å². The number of allylic oxidation sites excluding steroid dienone is 3. The molecule has 4 bridgehead atoms. The Hall–Kier alpha value is -6.94. The van der Waals surface area contributed by atoms with Crippen LogP contribution in [-0.4, -0.2) is 133 Å². The lowest BCUT2D eigenvalue weighted by atomic mass is 9.78. The third-order valence-corrected chi connectivity index (χ3v) is 17.4. The van der Waals surface area contributed by atoms with Crippen molar-refractivity contribution in [2.75, 3.05) is 38.0 Å². The number of carbonyl (C=O) groups excluding carboxylic acids is 8. The number of epoxide rings is 1. The SMILES string of the molecule is CCC(CC)C(=O)OC(C)CCCCC(=O)C[C@H](C(=O)N[C@@H](CCCNC(N)=O)C(=O)Cc1ccc2cc(NC(=O)O[C@H]3CC(=O)N(C)c4cc(cc(OC)c4Cl)C/C(C)=C/C=C/[C@@H](OC)[C@]4(O)CC(=O)O[C@@H](C4)[C@@H](C)[C@@H]4O[C@@]34C)ccc2n1)C(C)C. The highest BCUT2D eigenvalue weighted by atomic mass is 35.5. The van der Waals surface area contributed by atoms with Gasteiger partial charge in [-0.3, -0.25) is 39.1 Å². The van der Waals surface area contributed by atoms with Crippen molar-refractivity contribution in [1.82, 2.24) is 15.6 Å². The molecule has 3 aliphatic rings. The fourth-order valence-electron chi connectivity index (χ4n) is 11.6. The Morgan fingerprint density at radius 1 is 0.989 bits per heavy atom. The zero-order chi connectivity index (χ0) is 63.9. The van der Waals surface area contributed by atoms with Gasteiger partial charge < -0.3 is 54.8 Å². The van der Waals surface area contributed by atoms with Gasteiger partial charge in [-0.25, -0.2) is 9.59 Å². The number of Topliss-reactive ketones (excluding diaryl/α,β-unsaturated/α-hetero) is 2. The van der Waals surface area contributed by atoms with Crippen molar-refractivity contribution in [3.8, 4) is 5.75 Å². The number of anilines is 2. The molecule has 2 aromatic carbocycles. The minimum Gasteiger partial charge on any atom is -0.495 e. The number of halogens is 1.